The second-order valence-electron chi connectivity index (χ2n) is 4.92. The fraction of sp³-hybridized carbons (Fsp3) is 0.571. The van der Waals surface area contributed by atoms with Gasteiger partial charge in [0.05, 0.1) is 7.11 Å². The van der Waals surface area contributed by atoms with Gasteiger partial charge in [-0.25, -0.2) is 8.78 Å². The number of methoxy groups -OCH3 is 1. The van der Waals surface area contributed by atoms with Crippen LogP contribution in [0.3, 0.4) is 0 Å². The zero-order chi connectivity index (χ0) is 13.9. The van der Waals surface area contributed by atoms with E-state index >= 15 is 0 Å². The maximum atomic E-state index is 13.2. The Balaban J connectivity index is 2.07. The number of benzene rings is 1. The molecule has 1 fully saturated rings. The molecule has 1 heterocycles. The van der Waals surface area contributed by atoms with E-state index in [0.717, 1.165) is 11.3 Å². The first-order valence-electron chi connectivity index (χ1n) is 6.51. The van der Waals surface area contributed by atoms with Crippen molar-refractivity contribution >= 4 is 0 Å². The van der Waals surface area contributed by atoms with Gasteiger partial charge in [-0.15, -0.1) is 0 Å². The molecule has 0 aliphatic carbocycles. The van der Waals surface area contributed by atoms with Crippen molar-refractivity contribution in [2.45, 2.75) is 24.8 Å². The molecule has 0 bridgehead atoms. The molecule has 5 heteroatoms. The molecular formula is C14H20F2N2O. The van der Waals surface area contributed by atoms with Crippen molar-refractivity contribution in [2.24, 2.45) is 5.73 Å². The Hall–Kier alpha value is -1.20. The lowest BCUT2D eigenvalue weighted by atomic mass is 10.00. The predicted molar refractivity (Wildman–Crippen MR) is 70.5 cm³/mol. The monoisotopic (exact) mass is 270 g/mol. The van der Waals surface area contributed by atoms with E-state index in [9.17, 15) is 8.78 Å². The van der Waals surface area contributed by atoms with Crippen molar-refractivity contribution in [2.75, 3.05) is 26.7 Å². The highest BCUT2D eigenvalue weighted by molar-refractivity contribution is 5.29. The highest BCUT2D eigenvalue weighted by Crippen LogP contribution is 2.32. The quantitative estimate of drug-likeness (QED) is 0.913. The number of nitrogens with two attached hydrogens (primary N) is 1. The average Bonchev–Trinajstić information content (AvgIpc) is 2.42. The molecule has 106 valence electrons. The molecule has 1 aliphatic heterocycles. The van der Waals surface area contributed by atoms with E-state index in [1.54, 1.807) is 7.11 Å². The lowest BCUT2D eigenvalue weighted by molar-refractivity contribution is -0.0627. The Bertz CT molecular complexity index is 398. The summed E-state index contributed by atoms with van der Waals surface area (Å²) in [6, 6.07) is 7.64. The lowest BCUT2D eigenvalue weighted by Gasteiger charge is -2.37. The van der Waals surface area contributed by atoms with Crippen molar-refractivity contribution < 1.29 is 13.5 Å². The first-order valence-corrected chi connectivity index (χ1v) is 6.51. The summed E-state index contributed by atoms with van der Waals surface area (Å²) in [6.45, 7) is 1.21. The molecule has 2 rings (SSSR count). The van der Waals surface area contributed by atoms with Gasteiger partial charge < -0.3 is 10.5 Å². The van der Waals surface area contributed by atoms with Crippen LogP contribution in [0.15, 0.2) is 24.3 Å². The molecule has 0 aromatic heterocycles. The Morgan fingerprint density at radius 2 is 1.84 bits per heavy atom. The summed E-state index contributed by atoms with van der Waals surface area (Å²) in [6.07, 6.45) is -0.167. The summed E-state index contributed by atoms with van der Waals surface area (Å²) in [4.78, 5) is 2.04. The van der Waals surface area contributed by atoms with Crippen molar-refractivity contribution in [1.29, 1.82) is 0 Å². The normalized spacial score (nSPS) is 21.1. The van der Waals surface area contributed by atoms with Gasteiger partial charge in [-0.2, -0.15) is 0 Å². The third-order valence-corrected chi connectivity index (χ3v) is 3.69. The fourth-order valence-corrected chi connectivity index (χ4v) is 2.48. The fourth-order valence-electron chi connectivity index (χ4n) is 2.48. The molecule has 1 unspecified atom stereocenters. The van der Waals surface area contributed by atoms with Crippen LogP contribution in [0.4, 0.5) is 8.78 Å². The average molecular weight is 270 g/mol. The van der Waals surface area contributed by atoms with Crippen molar-refractivity contribution in [1.82, 2.24) is 4.90 Å². The number of rotatable bonds is 4. The minimum absolute atomic E-state index is 0.00186. The van der Waals surface area contributed by atoms with Gasteiger partial charge in [0.1, 0.15) is 5.75 Å². The summed E-state index contributed by atoms with van der Waals surface area (Å²) < 4.78 is 31.5. The number of likely N-dealkylation sites (tertiary alicyclic amines) is 1. The van der Waals surface area contributed by atoms with Gasteiger partial charge in [0.2, 0.25) is 0 Å². The molecule has 19 heavy (non-hydrogen) atoms. The minimum atomic E-state index is -2.52. The van der Waals surface area contributed by atoms with Crippen LogP contribution in [0, 0.1) is 0 Å². The largest absolute Gasteiger partial charge is 0.497 e. The summed E-state index contributed by atoms with van der Waals surface area (Å²) in [5, 5.41) is 0. The topological polar surface area (TPSA) is 38.5 Å². The molecule has 1 saturated heterocycles. The van der Waals surface area contributed by atoms with Crippen molar-refractivity contribution in [3.8, 4) is 5.75 Å². The van der Waals surface area contributed by atoms with Crippen LogP contribution in [-0.2, 0) is 0 Å². The smallest absolute Gasteiger partial charge is 0.250 e. The molecule has 2 N–H and O–H groups in total. The molecule has 1 aliphatic rings. The first kappa shape index (κ1) is 14.2. The van der Waals surface area contributed by atoms with Crippen molar-refractivity contribution in [3.05, 3.63) is 29.8 Å². The van der Waals surface area contributed by atoms with Crippen LogP contribution in [0.25, 0.3) is 0 Å². The summed E-state index contributed by atoms with van der Waals surface area (Å²) in [5.74, 6) is -1.74. The van der Waals surface area contributed by atoms with Crippen LogP contribution < -0.4 is 10.5 Å². The van der Waals surface area contributed by atoms with Gasteiger partial charge in [-0.3, -0.25) is 4.90 Å². The van der Waals surface area contributed by atoms with Gasteiger partial charge in [-0.1, -0.05) is 12.1 Å². The highest BCUT2D eigenvalue weighted by Gasteiger charge is 2.36. The van der Waals surface area contributed by atoms with Gasteiger partial charge in [0.25, 0.3) is 5.92 Å². The maximum absolute atomic E-state index is 13.2. The van der Waals surface area contributed by atoms with E-state index in [-0.39, 0.29) is 18.9 Å². The number of halogens is 2. The molecule has 0 amide bonds. The highest BCUT2D eigenvalue weighted by atomic mass is 19.3. The third kappa shape index (κ3) is 3.42. The zero-order valence-electron chi connectivity index (χ0n) is 11.1. The maximum Gasteiger partial charge on any atom is 0.250 e. The van der Waals surface area contributed by atoms with Crippen LogP contribution in [0.1, 0.15) is 24.4 Å². The van der Waals surface area contributed by atoms with E-state index in [4.69, 9.17) is 10.5 Å². The lowest BCUT2D eigenvalue weighted by Crippen LogP contribution is -2.43. The van der Waals surface area contributed by atoms with Gasteiger partial charge in [0.15, 0.2) is 0 Å². The molecule has 1 aromatic carbocycles. The summed E-state index contributed by atoms with van der Waals surface area (Å²) in [7, 11) is 1.61. The standard InChI is InChI=1S/C14H20F2N2O/c1-19-12-4-2-11(3-5-12)13(10-17)18-8-6-14(15,16)7-9-18/h2-5,13H,6-10,17H2,1H3. The Morgan fingerprint density at radius 1 is 1.26 bits per heavy atom. The Kier molecular flexibility index (Phi) is 4.37. The van der Waals surface area contributed by atoms with E-state index in [2.05, 4.69) is 0 Å². The van der Waals surface area contributed by atoms with Crippen LogP contribution in [0.2, 0.25) is 0 Å². The molecule has 3 nitrogen and oxygen atoms in total. The Labute approximate surface area is 112 Å². The summed E-state index contributed by atoms with van der Waals surface area (Å²) in [5.41, 5.74) is 6.86. The Morgan fingerprint density at radius 3 is 2.32 bits per heavy atom. The second kappa shape index (κ2) is 5.84. The molecule has 0 radical (unpaired) electrons. The molecular weight excluding hydrogens is 250 g/mol. The molecule has 1 aromatic rings. The number of hydrogen-bond donors (Lipinski definition) is 1. The van der Waals surface area contributed by atoms with E-state index < -0.39 is 5.92 Å². The van der Waals surface area contributed by atoms with Gasteiger partial charge in [-0.05, 0) is 17.7 Å². The first-order chi connectivity index (χ1) is 9.05. The van der Waals surface area contributed by atoms with Crippen LogP contribution in [-0.4, -0.2) is 37.6 Å². The number of hydrogen-bond acceptors (Lipinski definition) is 3. The minimum Gasteiger partial charge on any atom is -0.497 e. The van der Waals surface area contributed by atoms with Gasteiger partial charge in [0, 0.05) is 38.5 Å². The van der Waals surface area contributed by atoms with E-state index in [1.807, 2.05) is 29.2 Å². The van der Waals surface area contributed by atoms with E-state index in [0.29, 0.717) is 19.6 Å². The molecule has 0 saturated carbocycles. The molecule has 0 spiro atoms. The number of ether oxygens (including phenoxy) is 1. The second-order valence-corrected chi connectivity index (χ2v) is 4.92. The third-order valence-electron chi connectivity index (χ3n) is 3.69. The number of nitrogens with zero attached hydrogens (tertiary/aromatic N) is 1. The number of alkyl halides is 2. The van der Waals surface area contributed by atoms with Crippen LogP contribution >= 0.6 is 0 Å². The SMILES string of the molecule is COc1ccc(C(CN)N2CCC(F)(F)CC2)cc1. The zero-order valence-corrected chi connectivity index (χ0v) is 11.1. The summed E-state index contributed by atoms with van der Waals surface area (Å²) >= 11 is 0. The number of piperidine rings is 1. The molecule has 1 atom stereocenters. The van der Waals surface area contributed by atoms with Crippen molar-refractivity contribution in [3.63, 3.8) is 0 Å². The van der Waals surface area contributed by atoms with Gasteiger partial charge >= 0.3 is 0 Å². The van der Waals surface area contributed by atoms with Crippen LogP contribution in [0.5, 0.6) is 5.75 Å². The predicted octanol–water partition coefficient (Wildman–Crippen LogP) is 2.43. The van der Waals surface area contributed by atoms with E-state index in [1.165, 1.54) is 0 Å².